The summed E-state index contributed by atoms with van der Waals surface area (Å²) in [7, 11) is -3.79. The zero-order valence-corrected chi connectivity index (χ0v) is 8.98. The molecule has 1 aromatic rings. The van der Waals surface area contributed by atoms with Crippen LogP contribution in [-0.4, -0.2) is 19.5 Å². The highest BCUT2D eigenvalue weighted by Crippen LogP contribution is 2.25. The molecule has 78 valence electrons. The molecule has 7 heteroatoms. The van der Waals surface area contributed by atoms with Gasteiger partial charge in [0.2, 0.25) is 10.0 Å². The number of primary sulfonamides is 1. The van der Waals surface area contributed by atoms with Gasteiger partial charge in [-0.3, -0.25) is 0 Å². The van der Waals surface area contributed by atoms with E-state index < -0.39 is 16.0 Å². The Bertz CT molecular complexity index is 460. The number of sulfonamides is 1. The van der Waals surface area contributed by atoms with Crippen molar-refractivity contribution in [2.45, 2.75) is 17.6 Å². The first-order chi connectivity index (χ1) is 6.36. The van der Waals surface area contributed by atoms with Crippen molar-refractivity contribution in [3.05, 3.63) is 16.5 Å². The van der Waals surface area contributed by atoms with Gasteiger partial charge in [-0.15, -0.1) is 11.3 Å². The summed E-state index contributed by atoms with van der Waals surface area (Å²) in [6, 6.07) is 1.10. The van der Waals surface area contributed by atoms with Gasteiger partial charge in [0.15, 0.2) is 0 Å². The molecule has 0 fully saturated rings. The average molecular weight is 235 g/mol. The van der Waals surface area contributed by atoms with Gasteiger partial charge < -0.3 is 5.11 Å². The van der Waals surface area contributed by atoms with Gasteiger partial charge in [0.1, 0.15) is 4.21 Å². The van der Waals surface area contributed by atoms with Crippen LogP contribution in [0.15, 0.2) is 10.3 Å². The molecule has 0 spiro atoms. The minimum absolute atomic E-state index is 0.0153. The van der Waals surface area contributed by atoms with Gasteiger partial charge in [-0.1, -0.05) is 6.92 Å². The summed E-state index contributed by atoms with van der Waals surface area (Å²) in [5.74, 6) is -1.13. The third-order valence-electron chi connectivity index (χ3n) is 1.62. The Morgan fingerprint density at radius 1 is 1.64 bits per heavy atom. The lowest BCUT2D eigenvalue weighted by Gasteiger charge is -1.91. The van der Waals surface area contributed by atoms with E-state index in [-0.39, 0.29) is 9.77 Å². The molecule has 1 aromatic heterocycles. The molecule has 0 saturated carbocycles. The van der Waals surface area contributed by atoms with Crippen LogP contribution >= 0.6 is 11.3 Å². The molecular weight excluding hydrogens is 226 g/mol. The molecule has 5 nitrogen and oxygen atoms in total. The van der Waals surface area contributed by atoms with Crippen LogP contribution < -0.4 is 5.14 Å². The maximum Gasteiger partial charge on any atom is 0.336 e. The van der Waals surface area contributed by atoms with Crippen molar-refractivity contribution >= 4 is 27.3 Å². The second kappa shape index (κ2) is 3.68. The predicted octanol–water partition coefficient (Wildman–Crippen LogP) is 0.656. The van der Waals surface area contributed by atoms with Crippen molar-refractivity contribution in [3.8, 4) is 0 Å². The first-order valence-electron chi connectivity index (χ1n) is 3.75. The lowest BCUT2D eigenvalue weighted by Crippen LogP contribution is -2.10. The molecule has 1 heterocycles. The quantitative estimate of drug-likeness (QED) is 0.804. The molecule has 0 aromatic carbocycles. The third-order valence-corrected chi connectivity index (χ3v) is 4.32. The number of rotatable bonds is 3. The Morgan fingerprint density at radius 2 is 2.21 bits per heavy atom. The number of aromatic carboxylic acids is 1. The second-order valence-electron chi connectivity index (χ2n) is 2.61. The Morgan fingerprint density at radius 3 is 2.50 bits per heavy atom. The van der Waals surface area contributed by atoms with Crippen LogP contribution in [0.1, 0.15) is 22.2 Å². The van der Waals surface area contributed by atoms with Crippen LogP contribution in [0.5, 0.6) is 0 Å². The van der Waals surface area contributed by atoms with Crippen molar-refractivity contribution in [2.24, 2.45) is 5.14 Å². The van der Waals surface area contributed by atoms with E-state index in [2.05, 4.69) is 0 Å². The molecular formula is C7H9NO4S2. The van der Waals surface area contributed by atoms with Crippen molar-refractivity contribution < 1.29 is 18.3 Å². The van der Waals surface area contributed by atoms with Gasteiger partial charge >= 0.3 is 5.97 Å². The zero-order chi connectivity index (χ0) is 10.9. The Kier molecular flexibility index (Phi) is 2.93. The smallest absolute Gasteiger partial charge is 0.336 e. The fraction of sp³-hybridized carbons (Fsp3) is 0.286. The van der Waals surface area contributed by atoms with E-state index in [0.717, 1.165) is 17.4 Å². The molecule has 0 unspecified atom stereocenters. The van der Waals surface area contributed by atoms with E-state index in [1.807, 2.05) is 0 Å². The lowest BCUT2D eigenvalue weighted by molar-refractivity contribution is 0.0696. The van der Waals surface area contributed by atoms with Crippen LogP contribution in [0, 0.1) is 0 Å². The minimum Gasteiger partial charge on any atom is -0.478 e. The fourth-order valence-corrected chi connectivity index (χ4v) is 2.86. The molecule has 3 N–H and O–H groups in total. The van der Waals surface area contributed by atoms with Gasteiger partial charge in [0.25, 0.3) is 0 Å². The molecule has 0 aliphatic heterocycles. The van der Waals surface area contributed by atoms with E-state index in [0.29, 0.717) is 11.3 Å². The van der Waals surface area contributed by atoms with Crippen LogP contribution in [0.4, 0.5) is 0 Å². The molecule has 0 amide bonds. The number of hydrogen-bond donors (Lipinski definition) is 2. The summed E-state index contributed by atoms with van der Waals surface area (Å²) in [4.78, 5) is 11.2. The zero-order valence-electron chi connectivity index (χ0n) is 7.35. The summed E-state index contributed by atoms with van der Waals surface area (Å²) in [5.41, 5.74) is 0.0153. The molecule has 0 atom stereocenters. The largest absolute Gasteiger partial charge is 0.478 e. The van der Waals surface area contributed by atoms with Crippen molar-refractivity contribution in [3.63, 3.8) is 0 Å². The summed E-state index contributed by atoms with van der Waals surface area (Å²) in [6.07, 6.45) is 0.474. The van der Waals surface area contributed by atoms with E-state index in [1.165, 1.54) is 0 Å². The van der Waals surface area contributed by atoms with Crippen LogP contribution in [0.25, 0.3) is 0 Å². The van der Waals surface area contributed by atoms with Crippen molar-refractivity contribution in [2.75, 3.05) is 0 Å². The van der Waals surface area contributed by atoms with Gasteiger partial charge in [0.05, 0.1) is 5.56 Å². The van der Waals surface area contributed by atoms with Crippen molar-refractivity contribution in [1.82, 2.24) is 0 Å². The first-order valence-corrected chi connectivity index (χ1v) is 6.11. The summed E-state index contributed by atoms with van der Waals surface area (Å²) >= 11 is 0.901. The number of thiophene rings is 1. The van der Waals surface area contributed by atoms with E-state index in [4.69, 9.17) is 10.2 Å². The maximum atomic E-state index is 10.9. The number of carboxylic acids is 1. The number of carboxylic acid groups (broad SMARTS) is 1. The number of aryl methyl sites for hydroxylation is 1. The first kappa shape index (κ1) is 11.2. The lowest BCUT2D eigenvalue weighted by atomic mass is 10.2. The molecule has 0 aliphatic carbocycles. The average Bonchev–Trinajstić information content (AvgIpc) is 2.45. The van der Waals surface area contributed by atoms with Crippen LogP contribution in [-0.2, 0) is 16.4 Å². The third kappa shape index (κ3) is 2.11. The Hall–Kier alpha value is -0.920. The van der Waals surface area contributed by atoms with E-state index in [9.17, 15) is 13.2 Å². The topological polar surface area (TPSA) is 97.5 Å². The molecule has 0 bridgehead atoms. The number of nitrogens with two attached hydrogens (primary N) is 1. The van der Waals surface area contributed by atoms with Crippen LogP contribution in [0.3, 0.4) is 0 Å². The predicted molar refractivity (Wildman–Crippen MR) is 52.0 cm³/mol. The van der Waals surface area contributed by atoms with E-state index >= 15 is 0 Å². The number of hydrogen-bond acceptors (Lipinski definition) is 4. The van der Waals surface area contributed by atoms with Gasteiger partial charge in [0, 0.05) is 4.88 Å². The minimum atomic E-state index is -3.79. The highest BCUT2D eigenvalue weighted by Gasteiger charge is 2.19. The summed E-state index contributed by atoms with van der Waals surface area (Å²) < 4.78 is 21.8. The molecule has 0 radical (unpaired) electrons. The van der Waals surface area contributed by atoms with Gasteiger partial charge in [-0.25, -0.2) is 18.4 Å². The molecule has 1 rings (SSSR count). The van der Waals surface area contributed by atoms with Crippen LogP contribution in [0.2, 0.25) is 0 Å². The Balaban J connectivity index is 3.34. The monoisotopic (exact) mass is 235 g/mol. The second-order valence-corrected chi connectivity index (χ2v) is 5.53. The highest BCUT2D eigenvalue weighted by molar-refractivity contribution is 7.91. The molecule has 0 aliphatic rings. The summed E-state index contributed by atoms with van der Waals surface area (Å²) in [5, 5.41) is 13.6. The highest BCUT2D eigenvalue weighted by atomic mass is 32.2. The molecule has 0 saturated heterocycles. The fourth-order valence-electron chi connectivity index (χ4n) is 0.988. The van der Waals surface area contributed by atoms with Crippen molar-refractivity contribution in [1.29, 1.82) is 0 Å². The normalized spacial score (nSPS) is 11.6. The van der Waals surface area contributed by atoms with E-state index in [1.54, 1.807) is 6.92 Å². The number of carbonyl (C=O) groups is 1. The van der Waals surface area contributed by atoms with Gasteiger partial charge in [-0.2, -0.15) is 0 Å². The standard InChI is InChI=1S/C7H9NO4S2/c1-2-5-4(7(9)10)3-6(13-5)14(8,11)12/h3H,2H2,1H3,(H,9,10)(H2,8,11,12). The molecule has 14 heavy (non-hydrogen) atoms. The maximum absolute atomic E-state index is 10.9. The SMILES string of the molecule is CCc1sc(S(N)(=O)=O)cc1C(=O)O. The Labute approximate surface area is 85.2 Å². The van der Waals surface area contributed by atoms with Gasteiger partial charge in [-0.05, 0) is 12.5 Å². The summed E-state index contributed by atoms with van der Waals surface area (Å²) in [6.45, 7) is 1.76.